The zero-order valence-electron chi connectivity index (χ0n) is 75.3. The van der Waals surface area contributed by atoms with Crippen molar-refractivity contribution in [1.82, 2.24) is 0 Å². The Morgan fingerprint density at radius 2 is 0.369 bits per heavy atom. The van der Waals surface area contributed by atoms with Crippen molar-refractivity contribution in [1.29, 1.82) is 0 Å². The predicted octanol–water partition coefficient (Wildman–Crippen LogP) is 39.4. The molecule has 12 aromatic rings. The molecule has 12 rings (SSSR count). The van der Waals surface area contributed by atoms with Crippen LogP contribution in [0.4, 0.5) is 0 Å². The van der Waals surface area contributed by atoms with Gasteiger partial charge in [-0.25, -0.2) is 0 Å². The van der Waals surface area contributed by atoms with Gasteiger partial charge in [0.05, 0.1) is 0 Å². The van der Waals surface area contributed by atoms with E-state index in [1.54, 1.807) is 0 Å². The first-order chi connectivity index (χ1) is 60.3. The van der Waals surface area contributed by atoms with Gasteiger partial charge >= 0.3 is 0 Å². The summed E-state index contributed by atoms with van der Waals surface area (Å²) >= 11 is 8.34. The molecule has 0 aliphatic rings. The number of rotatable bonds is 55. The molecule has 0 atom stereocenters. The number of unbranched alkanes of at least 4 members (excludes halogenated alkanes) is 36. The van der Waals surface area contributed by atoms with Gasteiger partial charge in [-0.05, 0) is 232 Å². The highest BCUT2D eigenvalue weighted by molar-refractivity contribution is 9.10. The Kier molecular flexibility index (Phi) is 39.8. The molecule has 0 fully saturated rings. The van der Waals surface area contributed by atoms with Gasteiger partial charge in [-0.1, -0.05) is 521 Å². The molecular weight excluding hydrogens is 1600 g/mol. The predicted molar refractivity (Wildman–Crippen MR) is 544 cm³/mol. The van der Waals surface area contributed by atoms with Crippen molar-refractivity contribution in [2.75, 3.05) is 0 Å². The van der Waals surface area contributed by atoms with Gasteiger partial charge in [0.25, 0.3) is 0 Å². The number of aryl methyl sites for hydroxylation is 4. The molecule has 0 aromatic heterocycles. The molecule has 0 heterocycles. The molecule has 12 aromatic carbocycles. The van der Waals surface area contributed by atoms with E-state index in [0.717, 1.165) is 56.9 Å². The third-order valence-electron chi connectivity index (χ3n) is 26.1. The molecule has 0 saturated heterocycles. The zero-order chi connectivity index (χ0) is 84.4. The van der Waals surface area contributed by atoms with Crippen LogP contribution in [0.15, 0.2) is 276 Å². The lowest BCUT2D eigenvalue weighted by atomic mass is 9.80. The third kappa shape index (κ3) is 28.3. The molecule has 0 spiro atoms. The van der Waals surface area contributed by atoms with E-state index in [9.17, 15) is 0 Å². The molecule has 0 saturated carbocycles. The molecule has 0 aliphatic heterocycles. The Morgan fingerprint density at radius 1 is 0.148 bits per heavy atom. The van der Waals surface area contributed by atoms with E-state index in [2.05, 4.69) is 326 Å². The van der Waals surface area contributed by atoms with Crippen molar-refractivity contribution in [2.24, 2.45) is 0 Å². The van der Waals surface area contributed by atoms with Crippen molar-refractivity contribution >= 4 is 31.9 Å². The molecule has 2 heteroatoms. The summed E-state index contributed by atoms with van der Waals surface area (Å²) < 4.78 is 2.07. The lowest BCUT2D eigenvalue weighted by molar-refractivity contribution is 0.556. The first kappa shape index (κ1) is 92.8. The van der Waals surface area contributed by atoms with Gasteiger partial charge < -0.3 is 0 Å². The highest BCUT2D eigenvalue weighted by Gasteiger charge is 2.25. The highest BCUT2D eigenvalue weighted by Crippen LogP contribution is 2.52. The Balaban J connectivity index is 0.950. The summed E-state index contributed by atoms with van der Waals surface area (Å²) in [5.41, 5.74) is 32.3. The molecule has 638 valence electrons. The summed E-state index contributed by atoms with van der Waals surface area (Å²) in [4.78, 5) is 0. The summed E-state index contributed by atoms with van der Waals surface area (Å²) in [6.07, 6.45) is 58.3. The van der Waals surface area contributed by atoms with Crippen LogP contribution in [-0.2, 0) is 25.7 Å². The molecule has 0 unspecified atom stereocenters. The van der Waals surface area contributed by atoms with Crippen LogP contribution in [-0.4, -0.2) is 0 Å². The van der Waals surface area contributed by atoms with Crippen LogP contribution >= 0.6 is 31.9 Å². The highest BCUT2D eigenvalue weighted by atomic mass is 79.9. The van der Waals surface area contributed by atoms with E-state index in [4.69, 9.17) is 0 Å². The first-order valence-corrected chi connectivity index (χ1v) is 50.5. The summed E-state index contributed by atoms with van der Waals surface area (Å²) in [6.45, 7) is 9.26. The van der Waals surface area contributed by atoms with Crippen LogP contribution in [0, 0.1) is 0 Å². The summed E-state index contributed by atoms with van der Waals surface area (Å²) in [7, 11) is 0. The Hall–Kier alpha value is -8.40. The van der Waals surface area contributed by atoms with Crippen LogP contribution in [0.2, 0.25) is 0 Å². The van der Waals surface area contributed by atoms with Gasteiger partial charge in [0.2, 0.25) is 0 Å². The minimum absolute atomic E-state index is 1.03. The third-order valence-corrected chi connectivity index (χ3v) is 27.1. The fourth-order valence-corrected chi connectivity index (χ4v) is 19.6. The molecule has 0 aliphatic carbocycles. The van der Waals surface area contributed by atoms with E-state index in [-0.39, 0.29) is 0 Å². The number of hydrogen-bond acceptors (Lipinski definition) is 0. The lowest BCUT2D eigenvalue weighted by Gasteiger charge is -2.23. The quantitative estimate of drug-likeness (QED) is 0.0333. The minimum atomic E-state index is 1.03. The lowest BCUT2D eigenvalue weighted by Crippen LogP contribution is -1.97. The topological polar surface area (TPSA) is 0 Å². The maximum atomic E-state index is 4.17. The second-order valence-corrected chi connectivity index (χ2v) is 37.4. The van der Waals surface area contributed by atoms with Crippen molar-refractivity contribution in [3.8, 4) is 122 Å². The number of benzene rings is 12. The minimum Gasteiger partial charge on any atom is -0.0654 e. The standard InChI is InChI=1S/C120H144Br2/c1-5-9-13-17-21-25-29-33-37-43-53-93-65-73-99(74-66-93)107-61-51-63-113(119(107)101-77-69-95(70-78-101)55-45-39-35-31-27-23-19-15-11-7-3)111-85-81-103(97-57-47-41-48-58-97)89-115(111)117-91-105(121)83-87-109(117)110-88-84-106(122)92-118(110)116-90-104(98-59-49-42-50-60-98)82-86-112(116)114-64-52-62-108(100-75-67-94(68-76-100)54-44-38-34-30-26-22-18-14-10-6-2)120(114)102-79-71-96(72-80-102)56-46-40-36-32-28-24-20-16-12-8-4/h41-42,47-52,57-92H,5-40,43-46,53-56H2,1-4H3. The average Bonchev–Trinajstić information content (AvgIpc) is 0.748. The molecular formula is C120H144Br2. The second-order valence-electron chi connectivity index (χ2n) is 35.6. The summed E-state index contributed by atoms with van der Waals surface area (Å²) in [6, 6.07) is 104. The van der Waals surface area contributed by atoms with E-state index in [0.29, 0.717) is 0 Å². The van der Waals surface area contributed by atoms with Gasteiger partial charge in [0, 0.05) is 8.95 Å². The fraction of sp³-hybridized carbons (Fsp3) is 0.400. The molecule has 122 heavy (non-hydrogen) atoms. The second kappa shape index (κ2) is 52.4. The van der Waals surface area contributed by atoms with Crippen molar-refractivity contribution in [2.45, 2.75) is 310 Å². The number of hydrogen-bond donors (Lipinski definition) is 0. The SMILES string of the molecule is CCCCCCCCCCCCc1ccc(-c2cccc(-c3ccc(-c4ccccc4)cc3-c3cc(Br)ccc3-c3ccc(Br)cc3-c3cc(-c4ccccc4)ccc3-c3cccc(-c4ccc(CCCCCCCCCCCC)cc4)c3-c3ccc(CCCCCCCCCCCC)cc3)c2-c2ccc(CCCCCCCCCCCC)cc2)cc1. The van der Waals surface area contributed by atoms with Crippen molar-refractivity contribution in [3.63, 3.8) is 0 Å². The maximum Gasteiger partial charge on any atom is 0.0181 e. The van der Waals surface area contributed by atoms with Crippen LogP contribution in [0.25, 0.3) is 122 Å². The molecule has 0 amide bonds. The van der Waals surface area contributed by atoms with Gasteiger partial charge in [-0.2, -0.15) is 0 Å². The molecule has 0 N–H and O–H groups in total. The van der Waals surface area contributed by atoms with Gasteiger partial charge in [-0.3, -0.25) is 0 Å². The average molecular weight is 1750 g/mol. The Morgan fingerprint density at radius 3 is 0.648 bits per heavy atom. The smallest absolute Gasteiger partial charge is 0.0181 e. The van der Waals surface area contributed by atoms with Gasteiger partial charge in [-0.15, -0.1) is 0 Å². The summed E-state index contributed by atoms with van der Waals surface area (Å²) in [5, 5.41) is 0. The van der Waals surface area contributed by atoms with E-state index >= 15 is 0 Å². The van der Waals surface area contributed by atoms with Gasteiger partial charge in [0.15, 0.2) is 0 Å². The van der Waals surface area contributed by atoms with Crippen LogP contribution in [0.5, 0.6) is 0 Å². The van der Waals surface area contributed by atoms with E-state index in [1.807, 2.05) is 0 Å². The van der Waals surface area contributed by atoms with Crippen LogP contribution < -0.4 is 0 Å². The van der Waals surface area contributed by atoms with Gasteiger partial charge in [0.1, 0.15) is 0 Å². The molecule has 0 nitrogen and oxygen atoms in total. The molecule has 0 radical (unpaired) electrons. The first-order valence-electron chi connectivity index (χ1n) is 48.9. The van der Waals surface area contributed by atoms with E-state index < -0.39 is 0 Å². The zero-order valence-corrected chi connectivity index (χ0v) is 78.4. The molecule has 0 bridgehead atoms. The van der Waals surface area contributed by atoms with Crippen molar-refractivity contribution in [3.05, 3.63) is 298 Å². The Bertz CT molecular complexity index is 4670. The monoisotopic (exact) mass is 1740 g/mol. The number of halogens is 2. The Labute approximate surface area is 756 Å². The van der Waals surface area contributed by atoms with Crippen LogP contribution in [0.3, 0.4) is 0 Å². The van der Waals surface area contributed by atoms with Crippen LogP contribution in [0.1, 0.15) is 307 Å². The summed E-state index contributed by atoms with van der Waals surface area (Å²) in [5.74, 6) is 0. The van der Waals surface area contributed by atoms with E-state index in [1.165, 1.54) is 379 Å². The maximum absolute atomic E-state index is 4.17. The van der Waals surface area contributed by atoms with Crippen molar-refractivity contribution < 1.29 is 0 Å². The normalized spacial score (nSPS) is 11.5. The largest absolute Gasteiger partial charge is 0.0654 e. The fourth-order valence-electron chi connectivity index (χ4n) is 18.9.